The number of ether oxygens (including phenoxy) is 1. The number of rotatable bonds is 6. The second kappa shape index (κ2) is 8.24. The van der Waals surface area contributed by atoms with Gasteiger partial charge in [0.2, 0.25) is 0 Å². The van der Waals surface area contributed by atoms with Crippen LogP contribution in [0.3, 0.4) is 0 Å². The monoisotopic (exact) mass is 339 g/mol. The van der Waals surface area contributed by atoms with Crippen molar-refractivity contribution in [2.45, 2.75) is 32.8 Å². The summed E-state index contributed by atoms with van der Waals surface area (Å²) >= 11 is 0. The highest BCUT2D eigenvalue weighted by Gasteiger charge is 2.19. The van der Waals surface area contributed by atoms with Gasteiger partial charge in [0.15, 0.2) is 6.10 Å². The zero-order valence-electron chi connectivity index (χ0n) is 14.5. The Kier molecular flexibility index (Phi) is 6.06. The lowest BCUT2D eigenvalue weighted by atomic mass is 10.0. The van der Waals surface area contributed by atoms with E-state index in [2.05, 4.69) is 19.2 Å². The van der Waals surface area contributed by atoms with Crippen LogP contribution in [0.25, 0.3) is 0 Å². The number of hydrogen-bond donors (Lipinski definition) is 1. The van der Waals surface area contributed by atoms with Gasteiger partial charge in [0.05, 0.1) is 5.56 Å². The van der Waals surface area contributed by atoms with Crippen molar-refractivity contribution in [1.82, 2.24) is 0 Å². The molecule has 5 nitrogen and oxygen atoms in total. The predicted molar refractivity (Wildman–Crippen MR) is 95.9 cm³/mol. The van der Waals surface area contributed by atoms with Gasteiger partial charge in [0.1, 0.15) is 6.29 Å². The fraction of sp³-hybridized carbons (Fsp3) is 0.250. The summed E-state index contributed by atoms with van der Waals surface area (Å²) in [5.74, 6) is -0.611. The number of hydrogen-bond acceptors (Lipinski definition) is 4. The van der Waals surface area contributed by atoms with Crippen LogP contribution < -0.4 is 5.32 Å². The zero-order chi connectivity index (χ0) is 18.4. The first-order valence-electron chi connectivity index (χ1n) is 8.07. The third-order valence-electron chi connectivity index (χ3n) is 3.78. The molecule has 0 spiro atoms. The van der Waals surface area contributed by atoms with Crippen LogP contribution in [0.1, 0.15) is 53.0 Å². The summed E-state index contributed by atoms with van der Waals surface area (Å²) < 4.78 is 5.17. The van der Waals surface area contributed by atoms with Crippen molar-refractivity contribution in [3.8, 4) is 0 Å². The molecular formula is C20H21NO4. The predicted octanol–water partition coefficient (Wildman–Crippen LogP) is 3.81. The van der Waals surface area contributed by atoms with Crippen molar-refractivity contribution >= 4 is 23.9 Å². The van der Waals surface area contributed by atoms with Gasteiger partial charge in [-0.1, -0.05) is 38.1 Å². The lowest BCUT2D eigenvalue weighted by Gasteiger charge is -2.14. The molecule has 0 aliphatic rings. The molecule has 0 radical (unpaired) electrons. The van der Waals surface area contributed by atoms with E-state index in [9.17, 15) is 14.4 Å². The Morgan fingerprint density at radius 3 is 2.08 bits per heavy atom. The van der Waals surface area contributed by atoms with E-state index in [1.165, 1.54) is 36.8 Å². The third kappa shape index (κ3) is 5.01. The van der Waals surface area contributed by atoms with Gasteiger partial charge in [-0.25, -0.2) is 4.79 Å². The fourth-order valence-corrected chi connectivity index (χ4v) is 2.18. The molecule has 2 aromatic rings. The molecule has 0 fully saturated rings. The molecule has 1 amide bonds. The number of carbonyl (C=O) groups is 3. The van der Waals surface area contributed by atoms with Gasteiger partial charge >= 0.3 is 5.97 Å². The molecule has 0 saturated carbocycles. The first kappa shape index (κ1) is 18.4. The molecule has 5 heteroatoms. The average Bonchev–Trinajstić information content (AvgIpc) is 2.62. The number of anilines is 1. The van der Waals surface area contributed by atoms with Crippen molar-refractivity contribution in [2.75, 3.05) is 5.32 Å². The lowest BCUT2D eigenvalue weighted by Crippen LogP contribution is -2.30. The quantitative estimate of drug-likeness (QED) is 0.642. The van der Waals surface area contributed by atoms with E-state index >= 15 is 0 Å². The maximum atomic E-state index is 12.2. The summed E-state index contributed by atoms with van der Waals surface area (Å²) in [7, 11) is 0. The zero-order valence-corrected chi connectivity index (χ0v) is 14.5. The third-order valence-corrected chi connectivity index (χ3v) is 3.78. The van der Waals surface area contributed by atoms with Crippen LogP contribution in [-0.4, -0.2) is 24.3 Å². The van der Waals surface area contributed by atoms with Crippen molar-refractivity contribution < 1.29 is 19.1 Å². The molecule has 0 unspecified atom stereocenters. The topological polar surface area (TPSA) is 72.5 Å². The number of nitrogens with one attached hydrogen (secondary N) is 1. The van der Waals surface area contributed by atoms with Gasteiger partial charge in [0.25, 0.3) is 5.91 Å². The van der Waals surface area contributed by atoms with Gasteiger partial charge < -0.3 is 10.1 Å². The van der Waals surface area contributed by atoms with Crippen LogP contribution in [0.5, 0.6) is 0 Å². The highest BCUT2D eigenvalue weighted by Crippen LogP contribution is 2.17. The van der Waals surface area contributed by atoms with E-state index in [4.69, 9.17) is 4.74 Å². The van der Waals surface area contributed by atoms with Crippen LogP contribution in [0.2, 0.25) is 0 Å². The molecular weight excluding hydrogens is 318 g/mol. The molecule has 0 saturated heterocycles. The normalized spacial score (nSPS) is 11.7. The first-order chi connectivity index (χ1) is 11.9. The van der Waals surface area contributed by atoms with Gasteiger partial charge in [0, 0.05) is 11.3 Å². The summed E-state index contributed by atoms with van der Waals surface area (Å²) in [6.07, 6.45) is -0.251. The molecule has 25 heavy (non-hydrogen) atoms. The highest BCUT2D eigenvalue weighted by atomic mass is 16.5. The molecule has 1 atom stereocenters. The molecule has 1 N–H and O–H groups in total. The molecule has 0 aliphatic heterocycles. The van der Waals surface area contributed by atoms with Crippen LogP contribution >= 0.6 is 0 Å². The average molecular weight is 339 g/mol. The minimum absolute atomic E-state index is 0.284. The van der Waals surface area contributed by atoms with Gasteiger partial charge in [-0.3, -0.25) is 9.59 Å². The van der Waals surface area contributed by atoms with Crippen molar-refractivity contribution in [3.05, 3.63) is 65.2 Å². The van der Waals surface area contributed by atoms with E-state index in [1.54, 1.807) is 0 Å². The van der Waals surface area contributed by atoms with Crippen molar-refractivity contribution in [2.24, 2.45) is 0 Å². The van der Waals surface area contributed by atoms with Crippen molar-refractivity contribution in [3.63, 3.8) is 0 Å². The number of esters is 1. The molecule has 0 bridgehead atoms. The summed E-state index contributed by atoms with van der Waals surface area (Å²) in [6.45, 7) is 5.70. The summed E-state index contributed by atoms with van der Waals surface area (Å²) in [4.78, 5) is 34.8. The first-order valence-corrected chi connectivity index (χ1v) is 8.07. The van der Waals surface area contributed by atoms with Crippen LogP contribution in [0, 0.1) is 0 Å². The standard InChI is InChI=1S/C20H21NO4/c1-13(2)16-8-10-18(11-9-16)21-19(23)14(3)25-20(24)17-6-4-15(12-22)5-7-17/h4-14H,1-3H3,(H,21,23)/t14-/m0/s1. The lowest BCUT2D eigenvalue weighted by molar-refractivity contribution is -0.123. The van der Waals surface area contributed by atoms with Gasteiger partial charge in [-0.05, 0) is 42.7 Å². The minimum Gasteiger partial charge on any atom is -0.449 e. The SMILES string of the molecule is CC(C)c1ccc(NC(=O)[C@H](C)OC(=O)c2ccc(C=O)cc2)cc1. The van der Waals surface area contributed by atoms with Crippen LogP contribution in [-0.2, 0) is 9.53 Å². The Morgan fingerprint density at radius 1 is 0.960 bits per heavy atom. The Bertz CT molecular complexity index is 748. The number of amides is 1. The minimum atomic E-state index is -0.942. The largest absolute Gasteiger partial charge is 0.449 e. The molecule has 2 aromatic carbocycles. The molecule has 2 rings (SSSR count). The van der Waals surface area contributed by atoms with E-state index in [0.717, 1.165) is 0 Å². The van der Waals surface area contributed by atoms with E-state index in [-0.39, 0.29) is 5.56 Å². The Morgan fingerprint density at radius 2 is 1.56 bits per heavy atom. The van der Waals surface area contributed by atoms with Gasteiger partial charge in [-0.15, -0.1) is 0 Å². The second-order valence-corrected chi connectivity index (χ2v) is 6.05. The highest BCUT2D eigenvalue weighted by molar-refractivity contribution is 5.97. The van der Waals surface area contributed by atoms with E-state index < -0.39 is 18.0 Å². The smallest absolute Gasteiger partial charge is 0.338 e. The Labute approximate surface area is 147 Å². The van der Waals surface area contributed by atoms with E-state index in [1.807, 2.05) is 24.3 Å². The molecule has 130 valence electrons. The maximum absolute atomic E-state index is 12.2. The summed E-state index contributed by atoms with van der Waals surface area (Å²) in [6, 6.07) is 13.6. The van der Waals surface area contributed by atoms with Crippen LogP contribution in [0.4, 0.5) is 5.69 Å². The van der Waals surface area contributed by atoms with Crippen LogP contribution in [0.15, 0.2) is 48.5 Å². The molecule has 0 aliphatic carbocycles. The number of benzene rings is 2. The fourth-order valence-electron chi connectivity index (χ4n) is 2.18. The Balaban J connectivity index is 1.94. The summed E-state index contributed by atoms with van der Waals surface area (Å²) in [5.41, 5.74) is 2.57. The summed E-state index contributed by atoms with van der Waals surface area (Å²) in [5, 5.41) is 2.72. The number of aldehydes is 1. The molecule has 0 aromatic heterocycles. The maximum Gasteiger partial charge on any atom is 0.338 e. The Hall–Kier alpha value is -2.95. The van der Waals surface area contributed by atoms with Crippen molar-refractivity contribution in [1.29, 1.82) is 0 Å². The van der Waals surface area contributed by atoms with Gasteiger partial charge in [-0.2, -0.15) is 0 Å². The van der Waals surface area contributed by atoms with E-state index in [0.29, 0.717) is 23.5 Å². The number of carbonyl (C=O) groups excluding carboxylic acids is 3. The molecule has 0 heterocycles. The second-order valence-electron chi connectivity index (χ2n) is 6.05.